The maximum atomic E-state index is 10.8. The summed E-state index contributed by atoms with van der Waals surface area (Å²) < 4.78 is 0. The zero-order valence-corrected chi connectivity index (χ0v) is 8.62. The third-order valence-electron chi connectivity index (χ3n) is 2.49. The van der Waals surface area contributed by atoms with Gasteiger partial charge in [-0.2, -0.15) is 0 Å². The molecule has 78 valence electrons. The SMILES string of the molecule is CCC(C)CC(CCCN)C(=O)O. The van der Waals surface area contributed by atoms with Crippen molar-refractivity contribution in [1.29, 1.82) is 0 Å². The predicted octanol–water partition coefficient (Wildman–Crippen LogP) is 1.86. The van der Waals surface area contributed by atoms with Crippen molar-refractivity contribution in [2.45, 2.75) is 39.5 Å². The molecule has 13 heavy (non-hydrogen) atoms. The van der Waals surface area contributed by atoms with Crippen molar-refractivity contribution >= 4 is 5.97 Å². The number of nitrogens with two attached hydrogens (primary N) is 1. The standard InChI is InChI=1S/C10H21NO2/c1-3-8(2)7-9(10(12)13)5-4-6-11/h8-9H,3-7,11H2,1-2H3,(H,12,13). The van der Waals surface area contributed by atoms with Crippen molar-refractivity contribution in [1.82, 2.24) is 0 Å². The van der Waals surface area contributed by atoms with E-state index in [1.54, 1.807) is 0 Å². The molecule has 0 aliphatic carbocycles. The Hall–Kier alpha value is -0.570. The maximum absolute atomic E-state index is 10.8. The largest absolute Gasteiger partial charge is 0.481 e. The van der Waals surface area contributed by atoms with Crippen LogP contribution in [-0.2, 0) is 4.79 Å². The fourth-order valence-corrected chi connectivity index (χ4v) is 1.36. The van der Waals surface area contributed by atoms with Gasteiger partial charge in [0.25, 0.3) is 0 Å². The lowest BCUT2D eigenvalue weighted by Crippen LogP contribution is -2.18. The van der Waals surface area contributed by atoms with Gasteiger partial charge in [-0.25, -0.2) is 0 Å². The van der Waals surface area contributed by atoms with E-state index in [2.05, 4.69) is 13.8 Å². The normalized spacial score (nSPS) is 15.3. The summed E-state index contributed by atoms with van der Waals surface area (Å²) in [6, 6.07) is 0. The van der Waals surface area contributed by atoms with Gasteiger partial charge in [-0.1, -0.05) is 20.3 Å². The molecule has 2 atom stereocenters. The summed E-state index contributed by atoms with van der Waals surface area (Å²) in [4.78, 5) is 10.8. The molecular weight excluding hydrogens is 166 g/mol. The van der Waals surface area contributed by atoms with Crippen molar-refractivity contribution in [3.8, 4) is 0 Å². The molecule has 0 heterocycles. The molecule has 0 aliphatic rings. The van der Waals surface area contributed by atoms with Crippen LogP contribution in [0, 0.1) is 11.8 Å². The number of carbonyl (C=O) groups is 1. The van der Waals surface area contributed by atoms with E-state index in [9.17, 15) is 4.79 Å². The minimum atomic E-state index is -0.672. The third-order valence-corrected chi connectivity index (χ3v) is 2.49. The van der Waals surface area contributed by atoms with Gasteiger partial charge in [0.2, 0.25) is 0 Å². The summed E-state index contributed by atoms with van der Waals surface area (Å²) in [5.74, 6) is -0.369. The first kappa shape index (κ1) is 12.4. The van der Waals surface area contributed by atoms with Gasteiger partial charge in [-0.05, 0) is 31.7 Å². The van der Waals surface area contributed by atoms with Crippen LogP contribution in [0.5, 0.6) is 0 Å². The molecular formula is C10H21NO2. The fraction of sp³-hybridized carbons (Fsp3) is 0.900. The Morgan fingerprint density at radius 3 is 2.54 bits per heavy atom. The van der Waals surface area contributed by atoms with Crippen LogP contribution in [0.1, 0.15) is 39.5 Å². The average Bonchev–Trinajstić information content (AvgIpc) is 2.11. The Balaban J connectivity index is 3.87. The molecule has 0 amide bonds. The number of carboxylic acid groups (broad SMARTS) is 1. The first-order valence-electron chi connectivity index (χ1n) is 5.04. The van der Waals surface area contributed by atoms with Crippen molar-refractivity contribution < 1.29 is 9.90 Å². The molecule has 3 heteroatoms. The molecule has 0 aliphatic heterocycles. The first-order valence-corrected chi connectivity index (χ1v) is 5.04. The number of rotatable bonds is 7. The molecule has 0 aromatic rings. The number of aliphatic carboxylic acids is 1. The average molecular weight is 187 g/mol. The van der Waals surface area contributed by atoms with Crippen molar-refractivity contribution in [3.05, 3.63) is 0 Å². The molecule has 0 radical (unpaired) electrons. The van der Waals surface area contributed by atoms with Crippen molar-refractivity contribution in [2.24, 2.45) is 17.6 Å². The number of carboxylic acids is 1. The lowest BCUT2D eigenvalue weighted by Gasteiger charge is -2.15. The summed E-state index contributed by atoms with van der Waals surface area (Å²) in [7, 11) is 0. The molecule has 0 fully saturated rings. The summed E-state index contributed by atoms with van der Waals surface area (Å²) in [6.07, 6.45) is 3.36. The highest BCUT2D eigenvalue weighted by molar-refractivity contribution is 5.69. The van der Waals surface area contributed by atoms with Crippen molar-refractivity contribution in [2.75, 3.05) is 6.54 Å². The minimum absolute atomic E-state index is 0.196. The van der Waals surface area contributed by atoms with Gasteiger partial charge < -0.3 is 10.8 Å². The highest BCUT2D eigenvalue weighted by Gasteiger charge is 2.18. The summed E-state index contributed by atoms with van der Waals surface area (Å²) in [5.41, 5.74) is 5.35. The van der Waals surface area contributed by atoms with Crippen molar-refractivity contribution in [3.63, 3.8) is 0 Å². The molecule has 0 bridgehead atoms. The Labute approximate surface area is 80.3 Å². The van der Waals surface area contributed by atoms with Crippen LogP contribution in [0.4, 0.5) is 0 Å². The molecule has 3 nitrogen and oxygen atoms in total. The van der Waals surface area contributed by atoms with E-state index in [1.807, 2.05) is 0 Å². The van der Waals surface area contributed by atoms with E-state index >= 15 is 0 Å². The Bertz CT molecular complexity index is 148. The molecule has 3 N–H and O–H groups in total. The number of hydrogen-bond donors (Lipinski definition) is 2. The Kier molecular flexibility index (Phi) is 6.59. The Morgan fingerprint density at radius 1 is 1.54 bits per heavy atom. The van der Waals surface area contributed by atoms with Crippen LogP contribution < -0.4 is 5.73 Å². The molecule has 0 saturated heterocycles. The van der Waals surface area contributed by atoms with Crippen LogP contribution in [0.25, 0.3) is 0 Å². The van der Waals surface area contributed by atoms with Gasteiger partial charge in [-0.3, -0.25) is 4.79 Å². The highest BCUT2D eigenvalue weighted by Crippen LogP contribution is 2.19. The molecule has 0 rings (SSSR count). The van der Waals surface area contributed by atoms with Crippen LogP contribution in [0.15, 0.2) is 0 Å². The van der Waals surface area contributed by atoms with Crippen LogP contribution in [0.3, 0.4) is 0 Å². The quantitative estimate of drug-likeness (QED) is 0.639. The Morgan fingerprint density at radius 2 is 2.15 bits per heavy atom. The second-order valence-electron chi connectivity index (χ2n) is 3.72. The maximum Gasteiger partial charge on any atom is 0.306 e. The zero-order valence-electron chi connectivity index (χ0n) is 8.62. The van der Waals surface area contributed by atoms with Crippen LogP contribution >= 0.6 is 0 Å². The number of hydrogen-bond acceptors (Lipinski definition) is 2. The van der Waals surface area contributed by atoms with E-state index in [4.69, 9.17) is 10.8 Å². The zero-order chi connectivity index (χ0) is 10.3. The van der Waals surface area contributed by atoms with Crippen LogP contribution in [-0.4, -0.2) is 17.6 Å². The van der Waals surface area contributed by atoms with Crippen LogP contribution in [0.2, 0.25) is 0 Å². The monoisotopic (exact) mass is 187 g/mol. The van der Waals surface area contributed by atoms with E-state index in [0.29, 0.717) is 12.5 Å². The lowest BCUT2D eigenvalue weighted by atomic mass is 9.91. The van der Waals surface area contributed by atoms with E-state index < -0.39 is 5.97 Å². The van der Waals surface area contributed by atoms with E-state index in [1.165, 1.54) is 0 Å². The summed E-state index contributed by atoms with van der Waals surface area (Å²) in [6.45, 7) is 4.77. The molecule has 0 aromatic heterocycles. The topological polar surface area (TPSA) is 63.3 Å². The summed E-state index contributed by atoms with van der Waals surface area (Å²) >= 11 is 0. The van der Waals surface area contributed by atoms with Gasteiger partial charge in [0.05, 0.1) is 5.92 Å². The summed E-state index contributed by atoms with van der Waals surface area (Å²) in [5, 5.41) is 8.90. The third kappa shape index (κ3) is 5.64. The van der Waals surface area contributed by atoms with E-state index in [-0.39, 0.29) is 5.92 Å². The molecule has 0 spiro atoms. The van der Waals surface area contributed by atoms with Gasteiger partial charge in [0.15, 0.2) is 0 Å². The lowest BCUT2D eigenvalue weighted by molar-refractivity contribution is -0.142. The van der Waals surface area contributed by atoms with Gasteiger partial charge in [-0.15, -0.1) is 0 Å². The first-order chi connectivity index (χ1) is 6.11. The van der Waals surface area contributed by atoms with E-state index in [0.717, 1.165) is 25.7 Å². The van der Waals surface area contributed by atoms with Gasteiger partial charge in [0, 0.05) is 0 Å². The highest BCUT2D eigenvalue weighted by atomic mass is 16.4. The second-order valence-corrected chi connectivity index (χ2v) is 3.72. The minimum Gasteiger partial charge on any atom is -0.481 e. The molecule has 0 aromatic carbocycles. The smallest absolute Gasteiger partial charge is 0.306 e. The second kappa shape index (κ2) is 6.89. The molecule has 2 unspecified atom stereocenters. The molecule has 0 saturated carbocycles. The predicted molar refractivity (Wildman–Crippen MR) is 53.5 cm³/mol. The van der Waals surface area contributed by atoms with Gasteiger partial charge in [0.1, 0.15) is 0 Å². The fourth-order valence-electron chi connectivity index (χ4n) is 1.36. The van der Waals surface area contributed by atoms with Gasteiger partial charge >= 0.3 is 5.97 Å².